The standard InChI is InChI=1S/C19H29N3O/c1-16(17-8-4-2-5-9-17)20-19(23)22-14-12-21(13-15-22)18-10-6-3-7-11-18/h2,4-5,8-9,16,18H,3,6-7,10-15H2,1H3,(H,20,23). The van der Waals surface area contributed by atoms with Gasteiger partial charge in [0.25, 0.3) is 0 Å². The summed E-state index contributed by atoms with van der Waals surface area (Å²) < 4.78 is 0. The van der Waals surface area contributed by atoms with Gasteiger partial charge in [0, 0.05) is 32.2 Å². The van der Waals surface area contributed by atoms with Crippen molar-refractivity contribution >= 4 is 6.03 Å². The smallest absolute Gasteiger partial charge is 0.317 e. The number of carbonyl (C=O) groups is 1. The Balaban J connectivity index is 1.46. The van der Waals surface area contributed by atoms with Gasteiger partial charge in [0.1, 0.15) is 0 Å². The first-order valence-corrected chi connectivity index (χ1v) is 9.08. The molecule has 2 aliphatic rings. The molecule has 1 aliphatic heterocycles. The quantitative estimate of drug-likeness (QED) is 0.928. The maximum Gasteiger partial charge on any atom is 0.317 e. The zero-order valence-electron chi connectivity index (χ0n) is 14.2. The molecule has 1 atom stereocenters. The van der Waals surface area contributed by atoms with Crippen molar-refractivity contribution in [1.82, 2.24) is 15.1 Å². The fourth-order valence-corrected chi connectivity index (χ4v) is 3.84. The van der Waals surface area contributed by atoms with Crippen molar-refractivity contribution in [3.8, 4) is 0 Å². The number of hydrogen-bond acceptors (Lipinski definition) is 2. The van der Waals surface area contributed by atoms with E-state index in [0.717, 1.165) is 37.8 Å². The Hall–Kier alpha value is -1.55. The molecular formula is C19H29N3O. The van der Waals surface area contributed by atoms with E-state index in [2.05, 4.69) is 22.3 Å². The van der Waals surface area contributed by atoms with Gasteiger partial charge >= 0.3 is 6.03 Å². The number of rotatable bonds is 3. The van der Waals surface area contributed by atoms with E-state index in [1.165, 1.54) is 32.1 Å². The molecule has 1 saturated heterocycles. The number of amides is 2. The van der Waals surface area contributed by atoms with E-state index in [1.54, 1.807) is 0 Å². The van der Waals surface area contributed by atoms with Crippen molar-refractivity contribution in [2.75, 3.05) is 26.2 Å². The number of carbonyl (C=O) groups excluding carboxylic acids is 1. The highest BCUT2D eigenvalue weighted by molar-refractivity contribution is 5.74. The predicted molar refractivity (Wildman–Crippen MR) is 93.4 cm³/mol. The van der Waals surface area contributed by atoms with Crippen LogP contribution in [-0.4, -0.2) is 48.1 Å². The lowest BCUT2D eigenvalue weighted by atomic mass is 9.94. The van der Waals surface area contributed by atoms with Gasteiger partial charge in [-0.2, -0.15) is 0 Å². The lowest BCUT2D eigenvalue weighted by Crippen LogP contribution is -2.54. The first-order valence-electron chi connectivity index (χ1n) is 9.08. The molecule has 1 aromatic rings. The lowest BCUT2D eigenvalue weighted by Gasteiger charge is -2.40. The fourth-order valence-electron chi connectivity index (χ4n) is 3.84. The molecule has 1 aromatic carbocycles. The highest BCUT2D eigenvalue weighted by atomic mass is 16.2. The molecule has 0 bridgehead atoms. The first kappa shape index (κ1) is 16.3. The average Bonchev–Trinajstić information content (AvgIpc) is 2.63. The van der Waals surface area contributed by atoms with Gasteiger partial charge in [-0.25, -0.2) is 4.79 Å². The molecule has 23 heavy (non-hydrogen) atoms. The summed E-state index contributed by atoms with van der Waals surface area (Å²) in [5, 5.41) is 3.13. The van der Waals surface area contributed by atoms with Crippen LogP contribution in [-0.2, 0) is 0 Å². The summed E-state index contributed by atoms with van der Waals surface area (Å²) >= 11 is 0. The van der Waals surface area contributed by atoms with Crippen LogP contribution in [0.15, 0.2) is 30.3 Å². The van der Waals surface area contributed by atoms with Crippen LogP contribution in [0.4, 0.5) is 4.79 Å². The predicted octanol–water partition coefficient (Wildman–Crippen LogP) is 3.41. The Labute approximate surface area is 139 Å². The monoisotopic (exact) mass is 315 g/mol. The second-order valence-electron chi connectivity index (χ2n) is 6.90. The molecular weight excluding hydrogens is 286 g/mol. The van der Waals surface area contributed by atoms with Crippen LogP contribution in [0.5, 0.6) is 0 Å². The Morgan fingerprint density at radius 3 is 2.35 bits per heavy atom. The molecule has 126 valence electrons. The second kappa shape index (κ2) is 7.82. The van der Waals surface area contributed by atoms with Crippen LogP contribution in [0.25, 0.3) is 0 Å². The Bertz CT molecular complexity index is 491. The molecule has 1 heterocycles. The van der Waals surface area contributed by atoms with Gasteiger partial charge < -0.3 is 10.2 Å². The maximum atomic E-state index is 12.5. The van der Waals surface area contributed by atoms with Gasteiger partial charge in [-0.15, -0.1) is 0 Å². The van der Waals surface area contributed by atoms with Crippen LogP contribution in [0.3, 0.4) is 0 Å². The lowest BCUT2D eigenvalue weighted by molar-refractivity contribution is 0.0899. The van der Waals surface area contributed by atoms with Gasteiger partial charge in [0.05, 0.1) is 6.04 Å². The molecule has 0 spiro atoms. The van der Waals surface area contributed by atoms with E-state index in [0.29, 0.717) is 0 Å². The highest BCUT2D eigenvalue weighted by Crippen LogP contribution is 2.23. The highest BCUT2D eigenvalue weighted by Gasteiger charge is 2.27. The van der Waals surface area contributed by atoms with E-state index >= 15 is 0 Å². The summed E-state index contributed by atoms with van der Waals surface area (Å²) in [4.78, 5) is 17.0. The maximum absolute atomic E-state index is 12.5. The summed E-state index contributed by atoms with van der Waals surface area (Å²) in [6, 6.07) is 11.0. The number of piperazine rings is 1. The van der Waals surface area contributed by atoms with Crippen molar-refractivity contribution in [2.45, 2.75) is 51.1 Å². The fraction of sp³-hybridized carbons (Fsp3) is 0.632. The second-order valence-corrected chi connectivity index (χ2v) is 6.90. The third-order valence-electron chi connectivity index (χ3n) is 5.33. The van der Waals surface area contributed by atoms with Crippen LogP contribution in [0, 0.1) is 0 Å². The van der Waals surface area contributed by atoms with Gasteiger partial charge in [-0.05, 0) is 25.3 Å². The molecule has 2 amide bonds. The number of nitrogens with one attached hydrogen (secondary N) is 1. The minimum Gasteiger partial charge on any atom is -0.331 e. The Morgan fingerprint density at radius 2 is 1.70 bits per heavy atom. The SMILES string of the molecule is CC(NC(=O)N1CCN(C2CCCCC2)CC1)c1ccccc1. The molecule has 4 nitrogen and oxygen atoms in total. The largest absolute Gasteiger partial charge is 0.331 e. The summed E-state index contributed by atoms with van der Waals surface area (Å²) in [6.07, 6.45) is 6.84. The molecule has 1 aliphatic carbocycles. The molecule has 2 fully saturated rings. The van der Waals surface area contributed by atoms with Gasteiger partial charge in [0.15, 0.2) is 0 Å². The molecule has 3 rings (SSSR count). The molecule has 0 aromatic heterocycles. The molecule has 1 saturated carbocycles. The minimum atomic E-state index is 0.0556. The van der Waals surface area contributed by atoms with Crippen LogP contribution in [0.1, 0.15) is 50.6 Å². The van der Waals surface area contributed by atoms with Gasteiger partial charge in [-0.1, -0.05) is 49.6 Å². The normalized spacial score (nSPS) is 21.9. The molecule has 4 heteroatoms. The molecule has 1 N–H and O–H groups in total. The van der Waals surface area contributed by atoms with E-state index in [1.807, 2.05) is 30.0 Å². The number of benzene rings is 1. The van der Waals surface area contributed by atoms with E-state index < -0.39 is 0 Å². The van der Waals surface area contributed by atoms with Crippen molar-refractivity contribution in [3.05, 3.63) is 35.9 Å². The van der Waals surface area contributed by atoms with Crippen LogP contribution < -0.4 is 5.32 Å². The first-order chi connectivity index (χ1) is 11.2. The van der Waals surface area contributed by atoms with E-state index in [9.17, 15) is 4.79 Å². The zero-order valence-corrected chi connectivity index (χ0v) is 14.2. The summed E-state index contributed by atoms with van der Waals surface area (Å²) in [5.74, 6) is 0. The Morgan fingerprint density at radius 1 is 1.04 bits per heavy atom. The third-order valence-corrected chi connectivity index (χ3v) is 5.33. The number of hydrogen-bond donors (Lipinski definition) is 1. The third kappa shape index (κ3) is 4.25. The summed E-state index contributed by atoms with van der Waals surface area (Å²) in [7, 11) is 0. The molecule has 1 unspecified atom stereocenters. The number of urea groups is 1. The zero-order chi connectivity index (χ0) is 16.1. The average molecular weight is 315 g/mol. The van der Waals surface area contributed by atoms with E-state index in [-0.39, 0.29) is 12.1 Å². The molecule has 0 radical (unpaired) electrons. The topological polar surface area (TPSA) is 35.6 Å². The number of nitrogens with zero attached hydrogens (tertiary/aromatic N) is 2. The van der Waals surface area contributed by atoms with Crippen LogP contribution in [0.2, 0.25) is 0 Å². The van der Waals surface area contributed by atoms with Crippen LogP contribution >= 0.6 is 0 Å². The van der Waals surface area contributed by atoms with E-state index in [4.69, 9.17) is 0 Å². The Kier molecular flexibility index (Phi) is 5.55. The van der Waals surface area contributed by atoms with Crippen molar-refractivity contribution in [1.29, 1.82) is 0 Å². The minimum absolute atomic E-state index is 0.0556. The van der Waals surface area contributed by atoms with Crippen molar-refractivity contribution < 1.29 is 4.79 Å². The van der Waals surface area contributed by atoms with Gasteiger partial charge in [-0.3, -0.25) is 4.90 Å². The summed E-state index contributed by atoms with van der Waals surface area (Å²) in [6.45, 7) is 5.80. The van der Waals surface area contributed by atoms with Gasteiger partial charge in [0.2, 0.25) is 0 Å². The summed E-state index contributed by atoms with van der Waals surface area (Å²) in [5.41, 5.74) is 1.15. The van der Waals surface area contributed by atoms with Crippen molar-refractivity contribution in [2.24, 2.45) is 0 Å². The van der Waals surface area contributed by atoms with Crippen molar-refractivity contribution in [3.63, 3.8) is 0 Å².